The number of aryl methyl sites for hydroxylation is 1. The quantitative estimate of drug-likeness (QED) is 0.694. The summed E-state index contributed by atoms with van der Waals surface area (Å²) in [6.45, 7) is 0. The van der Waals surface area contributed by atoms with Gasteiger partial charge in [0.05, 0.1) is 18.1 Å². The lowest BCUT2D eigenvalue weighted by Gasteiger charge is -2.10. The highest BCUT2D eigenvalue weighted by Gasteiger charge is 2.22. The third kappa shape index (κ3) is 2.63. The van der Waals surface area contributed by atoms with Crippen LogP contribution in [0.2, 0.25) is 0 Å². The number of hydrogen-bond acceptors (Lipinski definition) is 6. The van der Waals surface area contributed by atoms with Gasteiger partial charge in [-0.3, -0.25) is 4.98 Å². The molecule has 0 N–H and O–H groups in total. The van der Waals surface area contributed by atoms with E-state index in [1.54, 1.807) is 30.8 Å². The van der Waals surface area contributed by atoms with Gasteiger partial charge in [0.1, 0.15) is 23.5 Å². The van der Waals surface area contributed by atoms with Gasteiger partial charge in [0.2, 0.25) is 0 Å². The van der Waals surface area contributed by atoms with Crippen molar-refractivity contribution in [1.82, 2.24) is 19.7 Å². The molecule has 23 heavy (non-hydrogen) atoms. The molecule has 0 spiro atoms. The Morgan fingerprint density at radius 3 is 3.09 bits per heavy atom. The van der Waals surface area contributed by atoms with Gasteiger partial charge >= 0.3 is 0 Å². The molecule has 116 valence electrons. The maximum atomic E-state index is 4.94. The number of fused-ring (bicyclic) bond motifs is 1. The molecule has 0 aromatic carbocycles. The zero-order chi connectivity index (χ0) is 15.6. The number of hydrogen-bond donors (Lipinski definition) is 0. The highest BCUT2D eigenvalue weighted by Crippen LogP contribution is 2.33. The monoisotopic (exact) mass is 325 g/mol. The van der Waals surface area contributed by atoms with E-state index in [0.29, 0.717) is 0 Å². The summed E-state index contributed by atoms with van der Waals surface area (Å²) in [5, 5.41) is 9.50. The van der Waals surface area contributed by atoms with Gasteiger partial charge in [-0.2, -0.15) is 5.10 Å². The van der Waals surface area contributed by atoms with Crippen LogP contribution in [-0.2, 0) is 11.3 Å². The Bertz CT molecular complexity index is 852. The topological polar surface area (TPSA) is 65.2 Å². The molecule has 0 aliphatic heterocycles. The average molecular weight is 325 g/mol. The zero-order valence-corrected chi connectivity index (χ0v) is 13.5. The molecule has 3 aromatic rings. The van der Waals surface area contributed by atoms with Crippen molar-refractivity contribution in [2.75, 3.05) is 7.11 Å². The molecule has 3 heterocycles. The highest BCUT2D eigenvalue weighted by molar-refractivity contribution is 7.15. The summed E-state index contributed by atoms with van der Waals surface area (Å²) in [4.78, 5) is 15.1. The number of rotatable bonds is 3. The van der Waals surface area contributed by atoms with Crippen LogP contribution in [0.3, 0.4) is 0 Å². The van der Waals surface area contributed by atoms with E-state index in [4.69, 9.17) is 9.82 Å². The van der Waals surface area contributed by atoms with Crippen LogP contribution in [0.4, 0.5) is 0 Å². The summed E-state index contributed by atoms with van der Waals surface area (Å²) in [6.07, 6.45) is 10.4. The predicted octanol–water partition coefficient (Wildman–Crippen LogP) is 3.08. The van der Waals surface area contributed by atoms with Crippen molar-refractivity contribution in [2.45, 2.75) is 19.3 Å². The van der Waals surface area contributed by atoms with Crippen molar-refractivity contribution in [1.29, 1.82) is 0 Å². The van der Waals surface area contributed by atoms with Gasteiger partial charge in [-0.15, -0.1) is 11.3 Å². The molecule has 0 saturated heterocycles. The van der Waals surface area contributed by atoms with Gasteiger partial charge in [-0.1, -0.05) is 5.16 Å². The fourth-order valence-electron chi connectivity index (χ4n) is 2.67. The lowest BCUT2D eigenvalue weighted by atomic mass is 10.0. The summed E-state index contributed by atoms with van der Waals surface area (Å²) in [7, 11) is 1.58. The van der Waals surface area contributed by atoms with E-state index < -0.39 is 0 Å². The van der Waals surface area contributed by atoms with Crippen LogP contribution < -0.4 is 0 Å². The molecule has 4 rings (SSSR count). The smallest absolute Gasteiger partial charge is 0.127 e. The Balaban J connectivity index is 1.70. The van der Waals surface area contributed by atoms with Crippen molar-refractivity contribution in [2.24, 2.45) is 5.16 Å². The van der Waals surface area contributed by atoms with Gasteiger partial charge in [-0.25, -0.2) is 9.67 Å². The third-order valence-corrected chi connectivity index (χ3v) is 4.89. The summed E-state index contributed by atoms with van der Waals surface area (Å²) < 4.78 is 1.81. The summed E-state index contributed by atoms with van der Waals surface area (Å²) >= 11 is 1.71. The lowest BCUT2D eigenvalue weighted by molar-refractivity contribution is 0.212. The lowest BCUT2D eigenvalue weighted by Crippen LogP contribution is -2.10. The molecule has 0 saturated carbocycles. The van der Waals surface area contributed by atoms with Crippen LogP contribution in [0.5, 0.6) is 0 Å². The Morgan fingerprint density at radius 2 is 2.26 bits per heavy atom. The van der Waals surface area contributed by atoms with Crippen LogP contribution >= 0.6 is 11.3 Å². The average Bonchev–Trinajstić information content (AvgIpc) is 3.23. The normalized spacial score (nSPS) is 15.6. The molecule has 0 amide bonds. The third-order valence-electron chi connectivity index (χ3n) is 3.73. The molecule has 0 radical (unpaired) electrons. The van der Waals surface area contributed by atoms with E-state index in [2.05, 4.69) is 15.2 Å². The Morgan fingerprint density at radius 1 is 1.30 bits per heavy atom. The van der Waals surface area contributed by atoms with Crippen molar-refractivity contribution in [3.05, 3.63) is 47.5 Å². The molecular weight excluding hydrogens is 310 g/mol. The second kappa shape index (κ2) is 5.92. The van der Waals surface area contributed by atoms with Crippen LogP contribution in [-0.4, -0.2) is 32.6 Å². The molecule has 0 fully saturated rings. The van der Waals surface area contributed by atoms with E-state index in [-0.39, 0.29) is 0 Å². The molecular formula is C16H15N5OS. The van der Waals surface area contributed by atoms with E-state index >= 15 is 0 Å². The van der Waals surface area contributed by atoms with Crippen molar-refractivity contribution >= 4 is 17.0 Å². The van der Waals surface area contributed by atoms with Crippen molar-refractivity contribution < 1.29 is 4.84 Å². The van der Waals surface area contributed by atoms with Gasteiger partial charge in [-0.05, 0) is 31.4 Å². The van der Waals surface area contributed by atoms with Crippen LogP contribution in [0.1, 0.15) is 23.4 Å². The summed E-state index contributed by atoms with van der Waals surface area (Å²) in [5.74, 6) is 0. The van der Waals surface area contributed by atoms with Gasteiger partial charge in [0.15, 0.2) is 0 Å². The van der Waals surface area contributed by atoms with Crippen molar-refractivity contribution in [3.8, 4) is 16.3 Å². The zero-order valence-electron chi connectivity index (χ0n) is 12.6. The molecule has 7 heteroatoms. The maximum absolute atomic E-state index is 4.94. The first-order valence-electron chi connectivity index (χ1n) is 7.40. The molecule has 0 unspecified atom stereocenters. The SMILES string of the molecule is CON=C1CCCc2sc(-c3cnn(-c4cccnc4)c3)nc21. The second-order valence-corrected chi connectivity index (χ2v) is 6.33. The Labute approximate surface area is 137 Å². The maximum Gasteiger partial charge on any atom is 0.127 e. The first-order valence-corrected chi connectivity index (χ1v) is 8.22. The van der Waals surface area contributed by atoms with E-state index in [9.17, 15) is 0 Å². The molecule has 3 aromatic heterocycles. The van der Waals surface area contributed by atoms with Crippen LogP contribution in [0.25, 0.3) is 16.3 Å². The minimum Gasteiger partial charge on any atom is -0.399 e. The minimum atomic E-state index is 0.916. The fraction of sp³-hybridized carbons (Fsp3) is 0.250. The predicted molar refractivity (Wildman–Crippen MR) is 89.0 cm³/mol. The van der Waals surface area contributed by atoms with Gasteiger partial charge in [0.25, 0.3) is 0 Å². The Kier molecular flexibility index (Phi) is 3.63. The molecule has 1 aliphatic rings. The van der Waals surface area contributed by atoms with Crippen molar-refractivity contribution in [3.63, 3.8) is 0 Å². The van der Waals surface area contributed by atoms with Crippen LogP contribution in [0.15, 0.2) is 42.1 Å². The summed E-state index contributed by atoms with van der Waals surface area (Å²) in [5.41, 5.74) is 3.86. The van der Waals surface area contributed by atoms with Gasteiger partial charge in [0, 0.05) is 22.8 Å². The van der Waals surface area contributed by atoms with Crippen LogP contribution in [0, 0.1) is 0 Å². The largest absolute Gasteiger partial charge is 0.399 e. The van der Waals surface area contributed by atoms with E-state index in [1.807, 2.05) is 29.2 Å². The molecule has 6 nitrogen and oxygen atoms in total. The van der Waals surface area contributed by atoms with Gasteiger partial charge < -0.3 is 4.84 Å². The first-order chi connectivity index (χ1) is 11.3. The van der Waals surface area contributed by atoms with E-state index in [0.717, 1.165) is 46.9 Å². The number of aromatic nitrogens is 4. The fourth-order valence-corrected chi connectivity index (χ4v) is 3.77. The first kappa shape index (κ1) is 14.1. The summed E-state index contributed by atoms with van der Waals surface area (Å²) in [6, 6.07) is 3.87. The molecule has 0 bridgehead atoms. The molecule has 0 atom stereocenters. The number of oxime groups is 1. The minimum absolute atomic E-state index is 0.916. The number of pyridine rings is 1. The Hall–Kier alpha value is -2.54. The second-order valence-electron chi connectivity index (χ2n) is 5.25. The molecule has 1 aliphatic carbocycles. The standard InChI is InChI=1S/C16H15N5OS/c1-22-20-13-5-2-6-14-15(13)19-16(23-14)11-8-18-21(10-11)12-4-3-7-17-9-12/h3-4,7-10H,2,5-6H2,1H3. The van der Waals surface area contributed by atoms with E-state index in [1.165, 1.54) is 4.88 Å². The highest BCUT2D eigenvalue weighted by atomic mass is 32.1. The number of thiazole rings is 1. The number of nitrogens with zero attached hydrogens (tertiary/aromatic N) is 5.